The van der Waals surface area contributed by atoms with Crippen molar-refractivity contribution in [2.45, 2.75) is 6.42 Å². The summed E-state index contributed by atoms with van der Waals surface area (Å²) in [5, 5.41) is 11.1. The summed E-state index contributed by atoms with van der Waals surface area (Å²) in [4.78, 5) is 22.9. The Bertz CT molecular complexity index is 437. The van der Waals surface area contributed by atoms with E-state index in [1.165, 1.54) is 19.2 Å². The first-order valence-corrected chi connectivity index (χ1v) is 5.44. The molecule has 0 aliphatic heterocycles. The van der Waals surface area contributed by atoms with Crippen molar-refractivity contribution in [1.29, 1.82) is 0 Å². The molecular weight excluding hydrogens is 239 g/mol. The van der Waals surface area contributed by atoms with E-state index in [1.54, 1.807) is 12.1 Å². The van der Waals surface area contributed by atoms with Crippen LogP contribution in [0.15, 0.2) is 24.3 Å². The third-order valence-electron chi connectivity index (χ3n) is 2.30. The van der Waals surface area contributed by atoms with Gasteiger partial charge in [-0.15, -0.1) is 0 Å². The first-order chi connectivity index (χ1) is 8.49. The molecule has 0 heterocycles. The van der Waals surface area contributed by atoms with E-state index >= 15 is 0 Å². The number of nitrogens with zero attached hydrogens (tertiary/aromatic N) is 1. The molecule has 1 aromatic carbocycles. The standard InChI is InChI=1S/C12H15FN2O3/c1-15(8-11(16)17)12(18)14-6-5-9-3-2-4-10(13)7-9/h2-4,7H,5-6,8H2,1H3,(H,14,18)(H,16,17). The minimum Gasteiger partial charge on any atom is -0.480 e. The van der Waals surface area contributed by atoms with Crippen molar-refractivity contribution in [3.05, 3.63) is 35.6 Å². The number of aliphatic carboxylic acids is 1. The summed E-state index contributed by atoms with van der Waals surface area (Å²) < 4.78 is 12.9. The lowest BCUT2D eigenvalue weighted by atomic mass is 10.1. The molecule has 2 amide bonds. The van der Waals surface area contributed by atoms with Crippen molar-refractivity contribution < 1.29 is 19.1 Å². The molecule has 0 spiro atoms. The maximum atomic E-state index is 12.9. The Kier molecular flexibility index (Phi) is 5.10. The molecule has 2 N–H and O–H groups in total. The highest BCUT2D eigenvalue weighted by Crippen LogP contribution is 2.03. The Hall–Kier alpha value is -2.11. The van der Waals surface area contributed by atoms with E-state index in [2.05, 4.69) is 5.32 Å². The van der Waals surface area contributed by atoms with Crippen molar-refractivity contribution in [3.63, 3.8) is 0 Å². The fourth-order valence-electron chi connectivity index (χ4n) is 1.42. The molecule has 0 radical (unpaired) electrons. The van der Waals surface area contributed by atoms with E-state index in [1.807, 2.05) is 0 Å². The van der Waals surface area contributed by atoms with E-state index in [4.69, 9.17) is 5.11 Å². The van der Waals surface area contributed by atoms with Gasteiger partial charge in [0.05, 0.1) is 0 Å². The largest absolute Gasteiger partial charge is 0.480 e. The number of carboxylic acids is 1. The van der Waals surface area contributed by atoms with Crippen LogP contribution in [0.4, 0.5) is 9.18 Å². The molecule has 0 aromatic heterocycles. The molecule has 1 rings (SSSR count). The smallest absolute Gasteiger partial charge is 0.323 e. The molecule has 98 valence electrons. The number of urea groups is 1. The van der Waals surface area contributed by atoms with E-state index in [0.29, 0.717) is 13.0 Å². The van der Waals surface area contributed by atoms with Gasteiger partial charge in [-0.2, -0.15) is 0 Å². The summed E-state index contributed by atoms with van der Waals surface area (Å²) in [6, 6.07) is 5.64. The van der Waals surface area contributed by atoms with Crippen LogP contribution in [0.1, 0.15) is 5.56 Å². The second kappa shape index (κ2) is 6.58. The van der Waals surface area contributed by atoms with Crippen molar-refractivity contribution in [2.75, 3.05) is 20.1 Å². The molecule has 0 fully saturated rings. The van der Waals surface area contributed by atoms with Crippen LogP contribution in [0.3, 0.4) is 0 Å². The summed E-state index contributed by atoms with van der Waals surface area (Å²) in [5.41, 5.74) is 0.774. The fraction of sp³-hybridized carbons (Fsp3) is 0.333. The quantitative estimate of drug-likeness (QED) is 0.826. The second-order valence-corrected chi connectivity index (χ2v) is 3.86. The zero-order valence-electron chi connectivity index (χ0n) is 10.0. The number of nitrogens with one attached hydrogen (secondary N) is 1. The zero-order valence-corrected chi connectivity index (χ0v) is 10.0. The van der Waals surface area contributed by atoms with Crippen molar-refractivity contribution in [2.24, 2.45) is 0 Å². The normalized spacial score (nSPS) is 9.89. The summed E-state index contributed by atoms with van der Waals surface area (Å²) >= 11 is 0. The van der Waals surface area contributed by atoms with Gasteiger partial charge in [-0.05, 0) is 24.1 Å². The fourth-order valence-corrected chi connectivity index (χ4v) is 1.42. The molecule has 18 heavy (non-hydrogen) atoms. The Balaban J connectivity index is 2.33. The van der Waals surface area contributed by atoms with Crippen LogP contribution in [-0.2, 0) is 11.2 Å². The van der Waals surface area contributed by atoms with E-state index < -0.39 is 12.0 Å². The first-order valence-electron chi connectivity index (χ1n) is 5.44. The Morgan fingerprint density at radius 3 is 2.78 bits per heavy atom. The van der Waals surface area contributed by atoms with Gasteiger partial charge in [-0.3, -0.25) is 4.79 Å². The number of carboxylic acid groups (broad SMARTS) is 1. The van der Waals surface area contributed by atoms with Gasteiger partial charge >= 0.3 is 12.0 Å². The molecular formula is C12H15FN2O3. The third-order valence-corrected chi connectivity index (χ3v) is 2.30. The van der Waals surface area contributed by atoms with Gasteiger partial charge in [0, 0.05) is 13.6 Å². The molecule has 0 saturated carbocycles. The summed E-state index contributed by atoms with van der Waals surface area (Å²) in [6.07, 6.45) is 0.490. The van der Waals surface area contributed by atoms with Gasteiger partial charge in [0.15, 0.2) is 0 Å². The SMILES string of the molecule is CN(CC(=O)O)C(=O)NCCc1cccc(F)c1. The second-order valence-electron chi connectivity index (χ2n) is 3.86. The average molecular weight is 254 g/mol. The number of benzene rings is 1. The molecule has 0 aliphatic carbocycles. The van der Waals surface area contributed by atoms with Crippen molar-refractivity contribution in [3.8, 4) is 0 Å². The van der Waals surface area contributed by atoms with Crippen LogP contribution in [-0.4, -0.2) is 42.1 Å². The molecule has 0 bridgehead atoms. The Morgan fingerprint density at radius 2 is 2.17 bits per heavy atom. The van der Waals surface area contributed by atoms with E-state index in [-0.39, 0.29) is 12.4 Å². The number of amides is 2. The molecule has 1 aromatic rings. The molecule has 0 saturated heterocycles. The predicted molar refractivity (Wildman–Crippen MR) is 63.8 cm³/mol. The van der Waals surface area contributed by atoms with Gasteiger partial charge in [0.25, 0.3) is 0 Å². The van der Waals surface area contributed by atoms with Gasteiger partial charge in [0.1, 0.15) is 12.4 Å². The van der Waals surface area contributed by atoms with Crippen LogP contribution in [0.5, 0.6) is 0 Å². The maximum absolute atomic E-state index is 12.9. The number of halogens is 1. The van der Waals surface area contributed by atoms with Crippen LogP contribution >= 0.6 is 0 Å². The molecule has 6 heteroatoms. The van der Waals surface area contributed by atoms with Crippen molar-refractivity contribution in [1.82, 2.24) is 10.2 Å². The van der Waals surface area contributed by atoms with Gasteiger partial charge in [-0.1, -0.05) is 12.1 Å². The Labute approximate surface area is 104 Å². The predicted octanol–water partition coefficient (Wildman–Crippen LogP) is 1.09. The van der Waals surface area contributed by atoms with Gasteiger partial charge < -0.3 is 15.3 Å². The number of likely N-dealkylation sites (N-methyl/N-ethyl adjacent to an activating group) is 1. The molecule has 5 nitrogen and oxygen atoms in total. The zero-order chi connectivity index (χ0) is 13.5. The van der Waals surface area contributed by atoms with Gasteiger partial charge in [0.2, 0.25) is 0 Å². The first kappa shape index (κ1) is 14.0. The average Bonchev–Trinajstić information content (AvgIpc) is 2.28. The summed E-state index contributed by atoms with van der Waals surface area (Å²) in [7, 11) is 1.39. The van der Waals surface area contributed by atoms with E-state index in [0.717, 1.165) is 10.5 Å². The number of hydrogen-bond acceptors (Lipinski definition) is 2. The minimum absolute atomic E-state index is 0.318. The maximum Gasteiger partial charge on any atom is 0.323 e. The Morgan fingerprint density at radius 1 is 1.44 bits per heavy atom. The van der Waals surface area contributed by atoms with Crippen LogP contribution in [0.25, 0.3) is 0 Å². The highest BCUT2D eigenvalue weighted by atomic mass is 19.1. The minimum atomic E-state index is -1.07. The van der Waals surface area contributed by atoms with Gasteiger partial charge in [-0.25, -0.2) is 9.18 Å². The highest BCUT2D eigenvalue weighted by Gasteiger charge is 2.10. The summed E-state index contributed by atoms with van der Waals surface area (Å²) in [5.74, 6) is -1.39. The lowest BCUT2D eigenvalue weighted by Gasteiger charge is -2.15. The molecule has 0 aliphatic rings. The van der Waals surface area contributed by atoms with E-state index in [9.17, 15) is 14.0 Å². The molecule has 0 unspecified atom stereocenters. The summed E-state index contributed by atoms with van der Waals surface area (Å²) in [6.45, 7) is -0.0297. The third kappa shape index (κ3) is 4.82. The highest BCUT2D eigenvalue weighted by molar-refractivity contribution is 5.79. The molecule has 0 atom stereocenters. The van der Waals surface area contributed by atoms with Crippen LogP contribution in [0.2, 0.25) is 0 Å². The number of rotatable bonds is 5. The lowest BCUT2D eigenvalue weighted by molar-refractivity contribution is -0.137. The van der Waals surface area contributed by atoms with Crippen molar-refractivity contribution >= 4 is 12.0 Å². The van der Waals surface area contributed by atoms with Crippen LogP contribution in [0, 0.1) is 5.82 Å². The number of carbonyl (C=O) groups excluding carboxylic acids is 1. The lowest BCUT2D eigenvalue weighted by Crippen LogP contribution is -2.40. The van der Waals surface area contributed by atoms with Crippen LogP contribution < -0.4 is 5.32 Å². The topological polar surface area (TPSA) is 69.6 Å². The number of hydrogen-bond donors (Lipinski definition) is 2. The number of carbonyl (C=O) groups is 2. The monoisotopic (exact) mass is 254 g/mol.